The van der Waals surface area contributed by atoms with Gasteiger partial charge in [-0.05, 0) is 38.3 Å². The van der Waals surface area contributed by atoms with Crippen molar-refractivity contribution in [2.24, 2.45) is 0 Å². The van der Waals surface area contributed by atoms with E-state index >= 15 is 0 Å². The Hall–Kier alpha value is -0.750. The van der Waals surface area contributed by atoms with Crippen molar-refractivity contribution in [1.82, 2.24) is 0 Å². The molecule has 0 aromatic carbocycles. The summed E-state index contributed by atoms with van der Waals surface area (Å²) in [5.41, 5.74) is 0. The smallest absolute Gasteiger partial charge is 0.293 e. The second-order valence-corrected chi connectivity index (χ2v) is 3.16. The molecule has 4 nitrogen and oxygen atoms in total. The Morgan fingerprint density at radius 3 is 1.67 bits per heavy atom. The van der Waals surface area contributed by atoms with E-state index in [2.05, 4.69) is 29.2 Å². The summed E-state index contributed by atoms with van der Waals surface area (Å²) < 4.78 is 8.93. The van der Waals surface area contributed by atoms with Gasteiger partial charge in [0.05, 0.1) is 13.2 Å². The average molecular weight is 254 g/mol. The van der Waals surface area contributed by atoms with Gasteiger partial charge in [0.2, 0.25) is 0 Å². The van der Waals surface area contributed by atoms with Crippen molar-refractivity contribution >= 4 is 41.0 Å². The number of aliphatic hydroxyl groups is 1. The molecule has 6 heteroatoms. The Kier molecular flexibility index (Phi) is 24.9. The van der Waals surface area contributed by atoms with Crippen molar-refractivity contribution in [3.05, 3.63) is 0 Å². The van der Waals surface area contributed by atoms with Crippen LogP contribution in [0.2, 0.25) is 0 Å². The van der Waals surface area contributed by atoms with E-state index in [1.165, 1.54) is 6.92 Å². The Labute approximate surface area is 102 Å². The van der Waals surface area contributed by atoms with Crippen LogP contribution in [-0.2, 0) is 14.3 Å². The van der Waals surface area contributed by atoms with Gasteiger partial charge in [-0.1, -0.05) is 0 Å². The van der Waals surface area contributed by atoms with Crippen molar-refractivity contribution in [2.45, 2.75) is 27.7 Å². The molecule has 0 spiro atoms. The van der Waals surface area contributed by atoms with E-state index in [-0.39, 0.29) is 5.05 Å². The summed E-state index contributed by atoms with van der Waals surface area (Å²) in [6.07, 6.45) is 0. The van der Waals surface area contributed by atoms with Crippen LogP contribution in [0.3, 0.4) is 0 Å². The van der Waals surface area contributed by atoms with Crippen molar-refractivity contribution in [2.75, 3.05) is 13.2 Å². The molecule has 0 saturated carbocycles. The molecule has 0 aliphatic heterocycles. The van der Waals surface area contributed by atoms with Crippen LogP contribution in [-0.4, -0.2) is 34.9 Å². The van der Waals surface area contributed by atoms with E-state index in [9.17, 15) is 4.79 Å². The molecular formula is C9H18O4S2. The lowest BCUT2D eigenvalue weighted by Gasteiger charge is -1.93. The van der Waals surface area contributed by atoms with Crippen molar-refractivity contribution < 1.29 is 19.4 Å². The maximum atomic E-state index is 9.18. The highest BCUT2D eigenvalue weighted by Gasteiger charge is 1.76. The number of rotatable bonds is 3. The monoisotopic (exact) mass is 254 g/mol. The van der Waals surface area contributed by atoms with Crippen LogP contribution in [0.1, 0.15) is 27.7 Å². The normalized spacial score (nSPS) is 6.93. The molecule has 90 valence electrons. The van der Waals surface area contributed by atoms with Gasteiger partial charge < -0.3 is 14.6 Å². The maximum Gasteiger partial charge on any atom is 0.293 e. The molecule has 0 aromatic heterocycles. The molecule has 0 heterocycles. The zero-order valence-electron chi connectivity index (χ0n) is 9.48. The molecular weight excluding hydrogens is 236 g/mol. The molecule has 15 heavy (non-hydrogen) atoms. The summed E-state index contributed by atoms with van der Waals surface area (Å²) in [5.74, 6) is 0. The van der Waals surface area contributed by atoms with Crippen LogP contribution in [0.15, 0.2) is 0 Å². The molecule has 0 bridgehead atoms. The third-order valence-electron chi connectivity index (χ3n) is 0.582. The molecule has 0 radical (unpaired) electrons. The lowest BCUT2D eigenvalue weighted by Crippen LogP contribution is -1.92. The van der Waals surface area contributed by atoms with Gasteiger partial charge in [-0.15, -0.1) is 0 Å². The third kappa shape index (κ3) is 92.8. The fourth-order valence-corrected chi connectivity index (χ4v) is 0.389. The SMILES string of the molecule is CC(O)=S.CCOC(C)=S.CCOC=O. The number of thiocarbonyl (C=S) groups is 2. The highest BCUT2D eigenvalue weighted by Crippen LogP contribution is 1.75. The standard InChI is InChI=1S/C4H8OS.C3H6O2.C2H4OS/c1-3-5-4(2)6;1-2-5-3-4;1-2(3)4/h3H2,1-2H3;3H,2H2,1H3;1H3,(H,3,4). The van der Waals surface area contributed by atoms with Crippen molar-refractivity contribution in [3.63, 3.8) is 0 Å². The average Bonchev–Trinajstić information content (AvgIpc) is 2.05. The summed E-state index contributed by atoms with van der Waals surface area (Å²) in [6.45, 7) is 8.48. The van der Waals surface area contributed by atoms with Gasteiger partial charge in [0.1, 0.15) is 0 Å². The fraction of sp³-hybridized carbons (Fsp3) is 0.667. The van der Waals surface area contributed by atoms with Gasteiger partial charge in [-0.3, -0.25) is 4.79 Å². The van der Waals surface area contributed by atoms with E-state index in [1.54, 1.807) is 13.8 Å². The number of hydrogen-bond acceptors (Lipinski definition) is 5. The maximum absolute atomic E-state index is 9.18. The van der Waals surface area contributed by atoms with Crippen molar-refractivity contribution in [1.29, 1.82) is 0 Å². The predicted octanol–water partition coefficient (Wildman–Crippen LogP) is 2.44. The van der Waals surface area contributed by atoms with E-state index in [0.717, 1.165) is 0 Å². The highest BCUT2D eigenvalue weighted by atomic mass is 32.1. The number of aliphatic hydroxyl groups excluding tert-OH is 1. The fourth-order valence-electron chi connectivity index (χ4n) is 0.271. The Morgan fingerprint density at radius 2 is 1.67 bits per heavy atom. The minimum Gasteiger partial charge on any atom is -0.502 e. The first kappa shape index (κ1) is 19.8. The molecule has 0 atom stereocenters. The van der Waals surface area contributed by atoms with Crippen LogP contribution in [0.5, 0.6) is 0 Å². The minimum absolute atomic E-state index is 0.000000000000000222. The van der Waals surface area contributed by atoms with Crippen molar-refractivity contribution in [3.8, 4) is 0 Å². The molecule has 0 amide bonds. The lowest BCUT2D eigenvalue weighted by molar-refractivity contribution is -0.128. The lowest BCUT2D eigenvalue weighted by atomic mass is 10.8. The Balaban J connectivity index is -0.000000147. The molecule has 0 saturated heterocycles. The first-order valence-corrected chi connectivity index (χ1v) is 5.12. The Bertz CT molecular complexity index is 167. The van der Waals surface area contributed by atoms with Gasteiger partial charge in [0.15, 0.2) is 10.1 Å². The molecule has 0 rings (SSSR count). The second kappa shape index (κ2) is 18.9. The first-order chi connectivity index (χ1) is 6.92. The van der Waals surface area contributed by atoms with Crippen LogP contribution in [0, 0.1) is 0 Å². The van der Waals surface area contributed by atoms with E-state index in [0.29, 0.717) is 24.7 Å². The number of carbonyl (C=O) groups excluding carboxylic acids is 1. The molecule has 0 aliphatic carbocycles. The van der Waals surface area contributed by atoms with E-state index < -0.39 is 0 Å². The molecule has 0 fully saturated rings. The van der Waals surface area contributed by atoms with Gasteiger partial charge in [0, 0.05) is 13.8 Å². The molecule has 0 aromatic rings. The van der Waals surface area contributed by atoms with Crippen LogP contribution < -0.4 is 0 Å². The van der Waals surface area contributed by atoms with E-state index in [4.69, 9.17) is 9.84 Å². The topological polar surface area (TPSA) is 55.8 Å². The number of carbonyl (C=O) groups is 1. The molecule has 1 N–H and O–H groups in total. The number of ether oxygens (including phenoxy) is 2. The summed E-state index contributed by atoms with van der Waals surface area (Å²) in [4.78, 5) is 9.18. The van der Waals surface area contributed by atoms with Crippen LogP contribution in [0.4, 0.5) is 0 Å². The predicted molar refractivity (Wildman–Crippen MR) is 68.5 cm³/mol. The Morgan fingerprint density at radius 1 is 1.27 bits per heavy atom. The number of hydrogen-bond donors (Lipinski definition) is 1. The van der Waals surface area contributed by atoms with E-state index in [1.807, 2.05) is 6.92 Å². The molecule has 0 unspecified atom stereocenters. The summed E-state index contributed by atoms with van der Waals surface area (Å²) in [7, 11) is 0. The van der Waals surface area contributed by atoms with Crippen LogP contribution >= 0.6 is 24.4 Å². The summed E-state index contributed by atoms with van der Waals surface area (Å²) in [6, 6.07) is 0. The minimum atomic E-state index is 0.000000000000000222. The molecule has 0 aliphatic rings. The van der Waals surface area contributed by atoms with Gasteiger partial charge >= 0.3 is 0 Å². The zero-order valence-corrected chi connectivity index (χ0v) is 11.1. The van der Waals surface area contributed by atoms with Gasteiger partial charge in [-0.2, -0.15) is 0 Å². The zero-order chi connectivity index (χ0) is 12.7. The quantitative estimate of drug-likeness (QED) is 0.616. The summed E-state index contributed by atoms with van der Waals surface area (Å²) in [5, 5.41) is 8.41. The van der Waals surface area contributed by atoms with Gasteiger partial charge in [0.25, 0.3) is 6.47 Å². The largest absolute Gasteiger partial charge is 0.502 e. The van der Waals surface area contributed by atoms with Crippen LogP contribution in [0.25, 0.3) is 0 Å². The second-order valence-electron chi connectivity index (χ2n) is 2.00. The van der Waals surface area contributed by atoms with Gasteiger partial charge in [-0.25, -0.2) is 0 Å². The first-order valence-electron chi connectivity index (χ1n) is 4.30. The highest BCUT2D eigenvalue weighted by molar-refractivity contribution is 7.80. The third-order valence-corrected chi connectivity index (χ3v) is 0.700. The summed E-state index contributed by atoms with van der Waals surface area (Å²) >= 11 is 8.67.